The van der Waals surface area contributed by atoms with Crippen LogP contribution in [0.5, 0.6) is 0 Å². The van der Waals surface area contributed by atoms with Gasteiger partial charge < -0.3 is 4.42 Å². The molecule has 26 heavy (non-hydrogen) atoms. The van der Waals surface area contributed by atoms with Gasteiger partial charge in [-0.25, -0.2) is 13.8 Å². The van der Waals surface area contributed by atoms with Crippen molar-refractivity contribution in [2.75, 3.05) is 5.32 Å². The minimum absolute atomic E-state index is 0.0264. The number of alkyl halides is 2. The van der Waals surface area contributed by atoms with Crippen molar-refractivity contribution in [3.05, 3.63) is 47.7 Å². The maximum atomic E-state index is 12.8. The summed E-state index contributed by atoms with van der Waals surface area (Å²) in [6.45, 7) is 6.34. The number of halogens is 2. The molecule has 2 N–H and O–H groups in total. The van der Waals surface area contributed by atoms with Crippen LogP contribution in [0.25, 0.3) is 11.4 Å². The summed E-state index contributed by atoms with van der Waals surface area (Å²) in [5.41, 5.74) is 1.24. The predicted molar refractivity (Wildman–Crippen MR) is 89.9 cm³/mol. The molecule has 0 aliphatic carbocycles. The lowest BCUT2D eigenvalue weighted by Gasteiger charge is -2.18. The van der Waals surface area contributed by atoms with Gasteiger partial charge in [-0.1, -0.05) is 45.0 Å². The number of nitrogens with zero attached hydrogens (tertiary/aromatic N) is 3. The summed E-state index contributed by atoms with van der Waals surface area (Å²) in [6, 6.07) is 7.75. The van der Waals surface area contributed by atoms with Gasteiger partial charge >= 0.3 is 0 Å². The van der Waals surface area contributed by atoms with E-state index in [0.717, 1.165) is 12.0 Å². The van der Waals surface area contributed by atoms with Crippen LogP contribution in [-0.4, -0.2) is 26.1 Å². The fourth-order valence-corrected chi connectivity index (χ4v) is 2.31. The number of aromatic amines is 1. The lowest BCUT2D eigenvalue weighted by molar-refractivity contribution is 0.0975. The number of aromatic nitrogens is 4. The molecule has 0 fully saturated rings. The molecule has 0 radical (unpaired) electrons. The third-order valence-corrected chi connectivity index (χ3v) is 3.74. The molecule has 0 saturated carbocycles. The molecule has 0 atom stereocenters. The minimum atomic E-state index is -2.92. The third-order valence-electron chi connectivity index (χ3n) is 3.74. The van der Waals surface area contributed by atoms with E-state index in [0.29, 0.717) is 5.82 Å². The summed E-state index contributed by atoms with van der Waals surface area (Å²) in [4.78, 5) is 19.5. The Kier molecular flexibility index (Phi) is 4.54. The number of benzene rings is 1. The number of amides is 1. The van der Waals surface area contributed by atoms with Gasteiger partial charge in [0.25, 0.3) is 12.3 Å². The van der Waals surface area contributed by atoms with E-state index >= 15 is 0 Å². The molecule has 0 aliphatic heterocycles. The van der Waals surface area contributed by atoms with Gasteiger partial charge in [0.2, 0.25) is 11.7 Å². The summed E-state index contributed by atoms with van der Waals surface area (Å²) in [6.07, 6.45) is -2.13. The first-order valence-corrected chi connectivity index (χ1v) is 7.82. The van der Waals surface area contributed by atoms with Gasteiger partial charge in [0.1, 0.15) is 0 Å². The van der Waals surface area contributed by atoms with Crippen LogP contribution in [0.1, 0.15) is 49.0 Å². The Hall–Kier alpha value is -3.10. The van der Waals surface area contributed by atoms with Crippen LogP contribution in [0.15, 0.2) is 35.1 Å². The first kappa shape index (κ1) is 17.7. The second kappa shape index (κ2) is 6.66. The van der Waals surface area contributed by atoms with E-state index in [-0.39, 0.29) is 11.4 Å². The van der Waals surface area contributed by atoms with E-state index < -0.39 is 23.8 Å². The second-order valence-corrected chi connectivity index (χ2v) is 6.66. The first-order chi connectivity index (χ1) is 12.3. The van der Waals surface area contributed by atoms with Crippen LogP contribution in [0.4, 0.5) is 14.7 Å². The van der Waals surface area contributed by atoms with Crippen molar-refractivity contribution in [2.24, 2.45) is 0 Å². The van der Waals surface area contributed by atoms with E-state index in [9.17, 15) is 13.6 Å². The average molecular weight is 361 g/mol. The van der Waals surface area contributed by atoms with Crippen molar-refractivity contribution in [3.8, 4) is 11.4 Å². The normalized spacial score (nSPS) is 11.8. The van der Waals surface area contributed by atoms with Gasteiger partial charge in [-0.15, -0.1) is 5.10 Å². The lowest BCUT2D eigenvalue weighted by atomic mass is 9.87. The molecule has 3 aromatic rings. The Balaban J connectivity index is 1.76. The summed E-state index contributed by atoms with van der Waals surface area (Å²) in [5.74, 6) is -1.08. The number of rotatable bonds is 4. The number of carbonyl (C=O) groups excluding carboxylic acids is 1. The van der Waals surface area contributed by atoms with Crippen LogP contribution in [0.3, 0.4) is 0 Å². The fourth-order valence-electron chi connectivity index (χ4n) is 2.31. The molecule has 2 heterocycles. The van der Waals surface area contributed by atoms with Crippen molar-refractivity contribution < 1.29 is 18.0 Å². The molecule has 7 nitrogen and oxygen atoms in total. The molecule has 0 aliphatic rings. The van der Waals surface area contributed by atoms with Crippen LogP contribution in [0, 0.1) is 0 Å². The summed E-state index contributed by atoms with van der Waals surface area (Å²) in [7, 11) is 0. The van der Waals surface area contributed by atoms with E-state index in [1.807, 2.05) is 24.3 Å². The minimum Gasteiger partial charge on any atom is -0.438 e. The zero-order chi connectivity index (χ0) is 18.9. The smallest absolute Gasteiger partial charge is 0.296 e. The predicted octanol–water partition coefficient (Wildman–Crippen LogP) is 3.95. The molecule has 2 aromatic heterocycles. The average Bonchev–Trinajstić information content (AvgIpc) is 3.23. The summed E-state index contributed by atoms with van der Waals surface area (Å²) < 4.78 is 30.3. The molecule has 3 rings (SSSR count). The maximum absolute atomic E-state index is 12.8. The number of oxazole rings is 1. The Morgan fingerprint density at radius 3 is 2.54 bits per heavy atom. The highest BCUT2D eigenvalue weighted by Crippen LogP contribution is 2.25. The largest absolute Gasteiger partial charge is 0.438 e. The lowest BCUT2D eigenvalue weighted by Crippen LogP contribution is -2.14. The van der Waals surface area contributed by atoms with E-state index in [2.05, 4.69) is 46.3 Å². The van der Waals surface area contributed by atoms with Crippen molar-refractivity contribution in [1.29, 1.82) is 0 Å². The zero-order valence-corrected chi connectivity index (χ0v) is 14.4. The number of hydrogen-bond acceptors (Lipinski definition) is 5. The van der Waals surface area contributed by atoms with Gasteiger partial charge in [-0.3, -0.25) is 15.2 Å². The summed E-state index contributed by atoms with van der Waals surface area (Å²) in [5, 5.41) is 8.87. The van der Waals surface area contributed by atoms with Crippen molar-refractivity contribution in [1.82, 2.24) is 20.2 Å². The number of H-pyrrole nitrogens is 1. The highest BCUT2D eigenvalue weighted by molar-refractivity contribution is 6.02. The Morgan fingerprint density at radius 1 is 1.23 bits per heavy atom. The first-order valence-electron chi connectivity index (χ1n) is 7.82. The molecule has 1 aromatic carbocycles. The van der Waals surface area contributed by atoms with Crippen LogP contribution in [-0.2, 0) is 5.41 Å². The number of anilines is 1. The van der Waals surface area contributed by atoms with Crippen LogP contribution < -0.4 is 5.32 Å². The van der Waals surface area contributed by atoms with E-state index in [1.165, 1.54) is 5.56 Å². The zero-order valence-electron chi connectivity index (χ0n) is 14.4. The molecule has 9 heteroatoms. The Morgan fingerprint density at radius 2 is 1.92 bits per heavy atom. The molecule has 136 valence electrons. The monoisotopic (exact) mass is 361 g/mol. The number of nitrogens with one attached hydrogen (secondary N) is 2. The highest BCUT2D eigenvalue weighted by Gasteiger charge is 2.24. The molecule has 0 saturated heterocycles. The molecule has 0 unspecified atom stereocenters. The second-order valence-electron chi connectivity index (χ2n) is 6.66. The highest BCUT2D eigenvalue weighted by atomic mass is 19.3. The Labute approximate surface area is 147 Å². The van der Waals surface area contributed by atoms with Crippen molar-refractivity contribution in [3.63, 3.8) is 0 Å². The molecular weight excluding hydrogens is 344 g/mol. The quantitative estimate of drug-likeness (QED) is 0.733. The van der Waals surface area contributed by atoms with Crippen LogP contribution >= 0.6 is 0 Å². The van der Waals surface area contributed by atoms with Gasteiger partial charge in [0.05, 0.1) is 0 Å². The molecular formula is C17H17F2N5O2. The van der Waals surface area contributed by atoms with Gasteiger partial charge in [0.15, 0.2) is 17.9 Å². The van der Waals surface area contributed by atoms with E-state index in [4.69, 9.17) is 4.42 Å². The fraction of sp³-hybridized carbons (Fsp3) is 0.294. The van der Waals surface area contributed by atoms with Crippen molar-refractivity contribution in [2.45, 2.75) is 32.6 Å². The van der Waals surface area contributed by atoms with Gasteiger partial charge in [0, 0.05) is 5.56 Å². The SMILES string of the molecule is CC(C)(C)c1ccc(-c2nc(NC(=O)c3ocnc3C(F)F)n[nH]2)cc1. The van der Waals surface area contributed by atoms with Gasteiger partial charge in [-0.2, -0.15) is 4.98 Å². The topological polar surface area (TPSA) is 96.7 Å². The number of hydrogen-bond donors (Lipinski definition) is 2. The van der Waals surface area contributed by atoms with Crippen LogP contribution in [0.2, 0.25) is 0 Å². The summed E-state index contributed by atoms with van der Waals surface area (Å²) >= 11 is 0. The standard InChI is InChI=1S/C17H17F2N5O2/c1-17(2,3)10-6-4-9(5-7-10)14-21-16(24-23-14)22-15(25)12-11(13(18)19)20-8-26-12/h4-8,13H,1-3H3,(H2,21,22,23,24,25). The maximum Gasteiger partial charge on any atom is 0.296 e. The third kappa shape index (κ3) is 3.61. The molecule has 1 amide bonds. The van der Waals surface area contributed by atoms with E-state index in [1.54, 1.807) is 0 Å². The molecule has 0 bridgehead atoms. The van der Waals surface area contributed by atoms with Crippen molar-refractivity contribution >= 4 is 11.9 Å². The number of carbonyl (C=O) groups is 1. The Bertz CT molecular complexity index is 910. The van der Waals surface area contributed by atoms with Gasteiger partial charge in [-0.05, 0) is 11.0 Å². The molecule has 0 spiro atoms.